The van der Waals surface area contributed by atoms with Crippen LogP contribution in [0.3, 0.4) is 0 Å². The monoisotopic (exact) mass is 288 g/mol. The van der Waals surface area contributed by atoms with Crippen molar-refractivity contribution < 1.29 is 9.53 Å². The van der Waals surface area contributed by atoms with Gasteiger partial charge in [0.25, 0.3) is 0 Å². The Morgan fingerprint density at radius 1 is 1.48 bits per heavy atom. The number of carbonyl (C=O) groups excluding carboxylic acids is 1. The molecule has 6 nitrogen and oxygen atoms in total. The fourth-order valence-corrected chi connectivity index (χ4v) is 2.00. The Bertz CT molecular complexity index is 646. The molecule has 2 rings (SSSR count). The Kier molecular flexibility index (Phi) is 4.92. The summed E-state index contributed by atoms with van der Waals surface area (Å²) in [5, 5.41) is 3.58. The van der Waals surface area contributed by atoms with Gasteiger partial charge in [-0.3, -0.25) is 4.79 Å². The largest absolute Gasteiger partial charge is 0.474 e. The minimum absolute atomic E-state index is 0.0386. The number of H-pyrrole nitrogens is 1. The number of ether oxygens (including phenoxy) is 1. The third-order valence-electron chi connectivity index (χ3n) is 2.82. The number of nitrogens with zero attached hydrogens (tertiary/aromatic N) is 2. The third kappa shape index (κ3) is 3.81. The molecule has 0 fully saturated rings. The molecule has 21 heavy (non-hydrogen) atoms. The van der Waals surface area contributed by atoms with E-state index in [1.54, 1.807) is 0 Å². The second-order valence-corrected chi connectivity index (χ2v) is 4.88. The van der Waals surface area contributed by atoms with Gasteiger partial charge in [-0.05, 0) is 38.8 Å². The maximum absolute atomic E-state index is 11.4. The van der Waals surface area contributed by atoms with Gasteiger partial charge in [-0.2, -0.15) is 0 Å². The van der Waals surface area contributed by atoms with E-state index >= 15 is 0 Å². The number of allylic oxidation sites excluding steroid dienone is 1. The number of hydrogen-bond acceptors (Lipinski definition) is 4. The number of aromatic nitrogens is 3. The van der Waals surface area contributed by atoms with Crippen molar-refractivity contribution in [3.05, 3.63) is 30.2 Å². The van der Waals surface area contributed by atoms with E-state index in [2.05, 4.69) is 20.3 Å². The number of carbonyl (C=O) groups is 1. The van der Waals surface area contributed by atoms with Crippen molar-refractivity contribution in [2.24, 2.45) is 0 Å². The highest BCUT2D eigenvalue weighted by atomic mass is 16.5. The molecule has 0 atom stereocenters. The van der Waals surface area contributed by atoms with E-state index in [1.807, 2.05) is 33.0 Å². The smallest absolute Gasteiger partial charge is 0.243 e. The van der Waals surface area contributed by atoms with Gasteiger partial charge in [0.2, 0.25) is 11.8 Å². The molecule has 0 aliphatic carbocycles. The highest BCUT2D eigenvalue weighted by Gasteiger charge is 2.12. The molecule has 0 spiro atoms. The number of fused-ring (bicyclic) bond motifs is 1. The minimum Gasteiger partial charge on any atom is -0.474 e. The van der Waals surface area contributed by atoms with Crippen LogP contribution in [0.1, 0.15) is 26.3 Å². The zero-order valence-corrected chi connectivity index (χ0v) is 12.5. The molecule has 2 aromatic heterocycles. The van der Waals surface area contributed by atoms with Crippen LogP contribution >= 0.6 is 0 Å². The first-order valence-corrected chi connectivity index (χ1v) is 7.03. The van der Waals surface area contributed by atoms with Crippen LogP contribution in [0.2, 0.25) is 0 Å². The molecule has 2 N–H and O–H groups in total. The van der Waals surface area contributed by atoms with Crippen LogP contribution in [-0.4, -0.2) is 33.5 Å². The summed E-state index contributed by atoms with van der Waals surface area (Å²) < 4.78 is 5.72. The third-order valence-corrected chi connectivity index (χ3v) is 2.82. The van der Waals surface area contributed by atoms with Crippen LogP contribution in [0, 0.1) is 0 Å². The Labute approximate surface area is 123 Å². The molecule has 2 heterocycles. The van der Waals surface area contributed by atoms with Gasteiger partial charge < -0.3 is 15.0 Å². The highest BCUT2D eigenvalue weighted by molar-refractivity contribution is 5.88. The fourth-order valence-electron chi connectivity index (χ4n) is 2.00. The number of nitrogens with one attached hydrogen (secondary N) is 2. The van der Waals surface area contributed by atoms with Gasteiger partial charge in [-0.15, -0.1) is 0 Å². The first-order chi connectivity index (χ1) is 10.1. The van der Waals surface area contributed by atoms with Crippen molar-refractivity contribution in [3.63, 3.8) is 0 Å². The van der Waals surface area contributed by atoms with E-state index < -0.39 is 0 Å². The molecule has 112 valence electrons. The number of rotatable bonds is 6. The van der Waals surface area contributed by atoms with Crippen molar-refractivity contribution in [1.82, 2.24) is 20.3 Å². The zero-order chi connectivity index (χ0) is 15.2. The predicted molar refractivity (Wildman–Crippen MR) is 81.2 cm³/mol. The van der Waals surface area contributed by atoms with E-state index in [0.29, 0.717) is 18.8 Å². The number of hydrogen-bond donors (Lipinski definition) is 2. The quantitative estimate of drug-likeness (QED) is 0.797. The summed E-state index contributed by atoms with van der Waals surface area (Å²) >= 11 is 0. The Balaban J connectivity index is 2.22. The van der Waals surface area contributed by atoms with Crippen molar-refractivity contribution in [2.75, 3.05) is 6.54 Å². The standard InChI is InChI=1S/C15H20N4O2/c1-4-16-12(20)7-5-6-11-8-17-14-13(11)15(19-9-18-14)21-10(2)3/h5,7-10H,4,6H2,1-3H3,(H,16,20)(H,17,18,19)/b7-5+. The van der Waals surface area contributed by atoms with Crippen molar-refractivity contribution in [1.29, 1.82) is 0 Å². The molecule has 0 bridgehead atoms. The molecule has 0 unspecified atom stereocenters. The molecule has 0 aromatic carbocycles. The molecular formula is C15H20N4O2. The minimum atomic E-state index is -0.0905. The van der Waals surface area contributed by atoms with E-state index in [0.717, 1.165) is 16.6 Å². The second kappa shape index (κ2) is 6.88. The first-order valence-electron chi connectivity index (χ1n) is 7.03. The summed E-state index contributed by atoms with van der Waals surface area (Å²) in [6, 6.07) is 0. The van der Waals surface area contributed by atoms with Crippen LogP contribution in [0.4, 0.5) is 0 Å². The SMILES string of the molecule is CCNC(=O)/C=C/Cc1c[nH]c2ncnc(OC(C)C)c12. The highest BCUT2D eigenvalue weighted by Crippen LogP contribution is 2.26. The molecular weight excluding hydrogens is 268 g/mol. The number of likely N-dealkylation sites (N-methyl/N-ethyl adjacent to an activating group) is 1. The van der Waals surface area contributed by atoms with Gasteiger partial charge >= 0.3 is 0 Å². The van der Waals surface area contributed by atoms with E-state index in [-0.39, 0.29) is 12.0 Å². The predicted octanol–water partition coefficient (Wildman–Crippen LogP) is 1.98. The molecule has 6 heteroatoms. The average molecular weight is 288 g/mol. The summed E-state index contributed by atoms with van der Waals surface area (Å²) in [5.74, 6) is 0.477. The molecule has 0 aliphatic rings. The lowest BCUT2D eigenvalue weighted by atomic mass is 10.1. The summed E-state index contributed by atoms with van der Waals surface area (Å²) in [6.07, 6.45) is 7.35. The van der Waals surface area contributed by atoms with Crippen LogP contribution in [0.25, 0.3) is 11.0 Å². The molecule has 0 radical (unpaired) electrons. The summed E-state index contributed by atoms with van der Waals surface area (Å²) in [7, 11) is 0. The summed E-state index contributed by atoms with van der Waals surface area (Å²) in [6.45, 7) is 6.42. The number of amides is 1. The van der Waals surface area contributed by atoms with Gasteiger partial charge in [-0.25, -0.2) is 9.97 Å². The van der Waals surface area contributed by atoms with Gasteiger partial charge in [0.1, 0.15) is 12.0 Å². The second-order valence-electron chi connectivity index (χ2n) is 4.88. The van der Waals surface area contributed by atoms with E-state index in [1.165, 1.54) is 12.4 Å². The maximum atomic E-state index is 11.4. The van der Waals surface area contributed by atoms with Crippen LogP contribution < -0.4 is 10.1 Å². The average Bonchev–Trinajstić information content (AvgIpc) is 2.83. The van der Waals surface area contributed by atoms with Crippen molar-refractivity contribution in [2.45, 2.75) is 33.3 Å². The van der Waals surface area contributed by atoms with Crippen LogP contribution in [0.15, 0.2) is 24.7 Å². The van der Waals surface area contributed by atoms with E-state index in [9.17, 15) is 4.79 Å². The Morgan fingerprint density at radius 2 is 2.29 bits per heavy atom. The van der Waals surface area contributed by atoms with Crippen LogP contribution in [-0.2, 0) is 11.2 Å². The van der Waals surface area contributed by atoms with Gasteiger partial charge in [0.05, 0.1) is 11.5 Å². The molecule has 0 aliphatic heterocycles. The van der Waals surface area contributed by atoms with Gasteiger partial charge in [0.15, 0.2) is 0 Å². The van der Waals surface area contributed by atoms with Crippen molar-refractivity contribution in [3.8, 4) is 5.88 Å². The molecule has 2 aromatic rings. The van der Waals surface area contributed by atoms with Crippen LogP contribution in [0.5, 0.6) is 5.88 Å². The topological polar surface area (TPSA) is 79.9 Å². The first kappa shape index (κ1) is 15.0. The molecule has 1 amide bonds. The van der Waals surface area contributed by atoms with E-state index in [4.69, 9.17) is 4.74 Å². The normalized spacial score (nSPS) is 11.4. The molecule has 0 saturated heterocycles. The van der Waals surface area contributed by atoms with Gasteiger partial charge in [0, 0.05) is 12.7 Å². The summed E-state index contributed by atoms with van der Waals surface area (Å²) in [5.41, 5.74) is 1.74. The Hall–Kier alpha value is -2.37. The maximum Gasteiger partial charge on any atom is 0.243 e. The fraction of sp³-hybridized carbons (Fsp3) is 0.400. The lowest BCUT2D eigenvalue weighted by Gasteiger charge is -2.09. The zero-order valence-electron chi connectivity index (χ0n) is 12.5. The van der Waals surface area contributed by atoms with Crippen molar-refractivity contribution >= 4 is 16.9 Å². The van der Waals surface area contributed by atoms with Gasteiger partial charge in [-0.1, -0.05) is 6.08 Å². The lowest BCUT2D eigenvalue weighted by Crippen LogP contribution is -2.19. The molecule has 0 saturated carbocycles. The Morgan fingerprint density at radius 3 is 3.00 bits per heavy atom. The lowest BCUT2D eigenvalue weighted by molar-refractivity contribution is -0.116. The number of aromatic amines is 1. The summed E-state index contributed by atoms with van der Waals surface area (Å²) in [4.78, 5) is 22.9.